The average molecular weight is 243 g/mol. The summed E-state index contributed by atoms with van der Waals surface area (Å²) in [6.45, 7) is 6.38. The maximum atomic E-state index is 4.33. The molecule has 0 spiro atoms. The second-order valence-electron chi connectivity index (χ2n) is 4.98. The summed E-state index contributed by atoms with van der Waals surface area (Å²) in [6, 6.07) is 6.86. The fraction of sp³-hybridized carbons (Fsp3) is 0.400. The molecule has 1 aromatic heterocycles. The van der Waals surface area contributed by atoms with E-state index in [9.17, 15) is 0 Å². The molecule has 0 aliphatic rings. The molecule has 0 fully saturated rings. The zero-order valence-electron chi connectivity index (χ0n) is 11.8. The topological polar surface area (TPSA) is 29.9 Å². The van der Waals surface area contributed by atoms with Crippen LogP contribution in [-0.4, -0.2) is 16.8 Å². The molecule has 1 atom stereocenters. The van der Waals surface area contributed by atoms with E-state index in [1.807, 2.05) is 25.0 Å². The summed E-state index contributed by atoms with van der Waals surface area (Å²) in [7, 11) is 3.99. The lowest BCUT2D eigenvalue weighted by atomic mass is 9.97. The van der Waals surface area contributed by atoms with Crippen molar-refractivity contribution in [3.63, 3.8) is 0 Å². The van der Waals surface area contributed by atoms with E-state index < -0.39 is 0 Å². The second kappa shape index (κ2) is 4.94. The summed E-state index contributed by atoms with van der Waals surface area (Å²) in [5.41, 5.74) is 6.33. The molecule has 0 saturated carbocycles. The summed E-state index contributed by atoms with van der Waals surface area (Å²) in [4.78, 5) is 0. The third-order valence-electron chi connectivity index (χ3n) is 3.32. The molecule has 0 aliphatic heterocycles. The highest BCUT2D eigenvalue weighted by atomic mass is 15.3. The van der Waals surface area contributed by atoms with Gasteiger partial charge in [-0.25, -0.2) is 0 Å². The fourth-order valence-electron chi connectivity index (χ4n) is 2.61. The van der Waals surface area contributed by atoms with Crippen LogP contribution in [0, 0.1) is 20.8 Å². The van der Waals surface area contributed by atoms with Crippen LogP contribution in [0.5, 0.6) is 0 Å². The van der Waals surface area contributed by atoms with E-state index in [4.69, 9.17) is 0 Å². The van der Waals surface area contributed by atoms with Crippen molar-refractivity contribution in [2.24, 2.45) is 7.05 Å². The van der Waals surface area contributed by atoms with Gasteiger partial charge in [0.15, 0.2) is 0 Å². The minimum Gasteiger partial charge on any atom is -0.308 e. The maximum absolute atomic E-state index is 4.33. The molecule has 0 radical (unpaired) electrons. The molecule has 2 aromatic rings. The van der Waals surface area contributed by atoms with E-state index in [1.165, 1.54) is 27.9 Å². The highest BCUT2D eigenvalue weighted by Crippen LogP contribution is 2.25. The monoisotopic (exact) mass is 243 g/mol. The molecule has 0 aliphatic carbocycles. The van der Waals surface area contributed by atoms with Crippen molar-refractivity contribution in [2.75, 3.05) is 7.05 Å². The van der Waals surface area contributed by atoms with Crippen molar-refractivity contribution < 1.29 is 0 Å². The summed E-state index contributed by atoms with van der Waals surface area (Å²) in [5.74, 6) is 0. The number of benzene rings is 1. The molecule has 0 saturated heterocycles. The Labute approximate surface area is 109 Å². The zero-order valence-corrected chi connectivity index (χ0v) is 11.8. The molecule has 1 N–H and O–H groups in total. The molecule has 1 heterocycles. The molecule has 1 unspecified atom stereocenters. The van der Waals surface area contributed by atoms with Crippen molar-refractivity contribution in [3.8, 4) is 0 Å². The van der Waals surface area contributed by atoms with Gasteiger partial charge >= 0.3 is 0 Å². The van der Waals surface area contributed by atoms with Gasteiger partial charge in [0, 0.05) is 7.05 Å². The van der Waals surface area contributed by atoms with Gasteiger partial charge in [-0.3, -0.25) is 4.68 Å². The lowest BCUT2D eigenvalue weighted by Crippen LogP contribution is -2.21. The van der Waals surface area contributed by atoms with Crippen LogP contribution < -0.4 is 5.32 Å². The molecule has 18 heavy (non-hydrogen) atoms. The molecule has 1 aromatic carbocycles. The fourth-order valence-corrected chi connectivity index (χ4v) is 2.61. The van der Waals surface area contributed by atoms with Crippen molar-refractivity contribution in [3.05, 3.63) is 52.3 Å². The Kier molecular flexibility index (Phi) is 3.53. The number of rotatable bonds is 3. The lowest BCUT2D eigenvalue weighted by molar-refractivity contribution is 0.602. The van der Waals surface area contributed by atoms with Crippen LogP contribution >= 0.6 is 0 Å². The minimum absolute atomic E-state index is 0.191. The predicted octanol–water partition coefficient (Wildman–Crippen LogP) is 2.65. The average Bonchev–Trinajstić information content (AvgIpc) is 2.61. The lowest BCUT2D eigenvalue weighted by Gasteiger charge is -2.19. The first-order valence-electron chi connectivity index (χ1n) is 6.27. The number of aromatic nitrogens is 2. The van der Waals surface area contributed by atoms with Crippen LogP contribution in [-0.2, 0) is 7.05 Å². The van der Waals surface area contributed by atoms with Crippen LogP contribution in [0.15, 0.2) is 24.4 Å². The van der Waals surface area contributed by atoms with Crippen molar-refractivity contribution in [1.29, 1.82) is 0 Å². The van der Waals surface area contributed by atoms with E-state index in [-0.39, 0.29) is 6.04 Å². The molecule has 3 heteroatoms. The van der Waals surface area contributed by atoms with Crippen LogP contribution in [0.25, 0.3) is 0 Å². The van der Waals surface area contributed by atoms with Crippen LogP contribution in [0.4, 0.5) is 0 Å². The third kappa shape index (κ3) is 2.31. The Morgan fingerprint density at radius 1 is 1.11 bits per heavy atom. The summed E-state index contributed by atoms with van der Waals surface area (Å²) in [6.07, 6.45) is 1.92. The molecule has 2 rings (SSSR count). The van der Waals surface area contributed by atoms with Crippen molar-refractivity contribution in [1.82, 2.24) is 15.1 Å². The molecule has 3 nitrogen and oxygen atoms in total. The number of hydrogen-bond acceptors (Lipinski definition) is 2. The molecule has 96 valence electrons. The van der Waals surface area contributed by atoms with Gasteiger partial charge in [0.2, 0.25) is 0 Å². The minimum atomic E-state index is 0.191. The van der Waals surface area contributed by atoms with E-state index in [0.717, 1.165) is 0 Å². The second-order valence-corrected chi connectivity index (χ2v) is 4.98. The maximum Gasteiger partial charge on any atom is 0.0748 e. The first-order valence-corrected chi connectivity index (χ1v) is 6.27. The Morgan fingerprint density at radius 3 is 2.17 bits per heavy atom. The molecule has 0 amide bonds. The van der Waals surface area contributed by atoms with Crippen molar-refractivity contribution in [2.45, 2.75) is 26.8 Å². The predicted molar refractivity (Wildman–Crippen MR) is 74.8 cm³/mol. The summed E-state index contributed by atoms with van der Waals surface area (Å²) >= 11 is 0. The molecule has 0 bridgehead atoms. The van der Waals surface area contributed by atoms with Crippen LogP contribution in [0.3, 0.4) is 0 Å². The van der Waals surface area contributed by atoms with E-state index in [0.29, 0.717) is 0 Å². The van der Waals surface area contributed by atoms with Crippen LogP contribution in [0.2, 0.25) is 0 Å². The van der Waals surface area contributed by atoms with Gasteiger partial charge in [0.1, 0.15) is 0 Å². The normalized spacial score (nSPS) is 12.7. The van der Waals surface area contributed by atoms with Gasteiger partial charge in [-0.1, -0.05) is 29.3 Å². The largest absolute Gasteiger partial charge is 0.308 e. The molecular weight excluding hydrogens is 222 g/mol. The first kappa shape index (κ1) is 12.8. The Balaban J connectivity index is 2.52. The Bertz CT molecular complexity index is 515. The number of nitrogens with one attached hydrogen (secondary N) is 1. The Hall–Kier alpha value is -1.61. The van der Waals surface area contributed by atoms with Gasteiger partial charge in [-0.05, 0) is 38.9 Å². The third-order valence-corrected chi connectivity index (χ3v) is 3.32. The van der Waals surface area contributed by atoms with Gasteiger partial charge in [-0.15, -0.1) is 0 Å². The van der Waals surface area contributed by atoms with Crippen LogP contribution in [0.1, 0.15) is 34.0 Å². The summed E-state index contributed by atoms with van der Waals surface area (Å²) < 4.78 is 1.95. The Morgan fingerprint density at radius 2 is 1.72 bits per heavy atom. The summed E-state index contributed by atoms with van der Waals surface area (Å²) in [5, 5.41) is 7.73. The van der Waals surface area contributed by atoms with E-state index in [2.05, 4.69) is 49.4 Å². The number of aryl methyl sites for hydroxylation is 4. The highest BCUT2D eigenvalue weighted by Gasteiger charge is 2.18. The quantitative estimate of drug-likeness (QED) is 0.898. The molecular formula is C15H21N3. The number of nitrogens with zero attached hydrogens (tertiary/aromatic N) is 2. The van der Waals surface area contributed by atoms with Gasteiger partial charge in [0.05, 0.1) is 17.9 Å². The zero-order chi connectivity index (χ0) is 13.3. The van der Waals surface area contributed by atoms with Gasteiger partial charge in [0.25, 0.3) is 0 Å². The highest BCUT2D eigenvalue weighted by molar-refractivity contribution is 5.36. The first-order chi connectivity index (χ1) is 8.52. The van der Waals surface area contributed by atoms with E-state index >= 15 is 0 Å². The van der Waals surface area contributed by atoms with Crippen molar-refractivity contribution >= 4 is 0 Å². The van der Waals surface area contributed by atoms with Gasteiger partial charge < -0.3 is 5.32 Å². The van der Waals surface area contributed by atoms with E-state index in [1.54, 1.807) is 0 Å². The smallest absolute Gasteiger partial charge is 0.0748 e. The SMILES string of the molecule is CNC(c1cc(C)cc(C)c1)c1c(C)cnn1C. The van der Waals surface area contributed by atoms with Gasteiger partial charge in [-0.2, -0.15) is 5.10 Å². The number of hydrogen-bond donors (Lipinski definition) is 1. The standard InChI is InChI=1S/C15H21N3/c1-10-6-11(2)8-13(7-10)14(16-4)15-12(3)9-17-18(15)5/h6-9,14,16H,1-5H3.